The SMILES string of the molecule is O=c1[nH]ncc(N2CC[C@@H](Oc3cc(C4CC5CCC(C4)N5)ccn3)C2)c1Cl. The van der Waals surface area contributed by atoms with E-state index in [-0.39, 0.29) is 16.7 Å². The number of H-pyrrole nitrogens is 1. The van der Waals surface area contributed by atoms with Gasteiger partial charge in [0.15, 0.2) is 0 Å². The Bertz CT molecular complexity index is 907. The van der Waals surface area contributed by atoms with Gasteiger partial charge in [0.05, 0.1) is 18.4 Å². The standard InChI is InChI=1S/C20H24ClN5O2/c21-19-17(10-23-25-20(19)27)26-6-4-16(11-26)28-18-9-12(3-5-22-18)13-7-14-1-2-15(8-13)24-14/h3,5,9-10,13-16,24H,1-2,4,6-8,11H2,(H,25,27)/t13?,14?,15?,16-/m1/s1. The van der Waals surface area contributed by atoms with Crippen molar-refractivity contribution in [1.29, 1.82) is 0 Å². The third-order valence-electron chi connectivity index (χ3n) is 6.25. The molecule has 0 aliphatic carbocycles. The van der Waals surface area contributed by atoms with Crippen LogP contribution in [0.1, 0.15) is 43.6 Å². The van der Waals surface area contributed by atoms with E-state index in [9.17, 15) is 4.79 Å². The van der Waals surface area contributed by atoms with Gasteiger partial charge in [0.2, 0.25) is 5.88 Å². The minimum absolute atomic E-state index is 0.0160. The number of anilines is 1. The molecule has 7 nitrogen and oxygen atoms in total. The highest BCUT2D eigenvalue weighted by molar-refractivity contribution is 6.33. The van der Waals surface area contributed by atoms with Crippen molar-refractivity contribution in [3.63, 3.8) is 0 Å². The van der Waals surface area contributed by atoms with Crippen LogP contribution in [0.15, 0.2) is 29.3 Å². The monoisotopic (exact) mass is 401 g/mol. The zero-order valence-corrected chi connectivity index (χ0v) is 16.4. The Morgan fingerprint density at radius 1 is 1.21 bits per heavy atom. The Balaban J connectivity index is 1.26. The van der Waals surface area contributed by atoms with E-state index < -0.39 is 0 Å². The molecule has 3 fully saturated rings. The molecule has 0 aromatic carbocycles. The fourth-order valence-corrected chi connectivity index (χ4v) is 5.09. The van der Waals surface area contributed by atoms with Gasteiger partial charge in [0, 0.05) is 37.3 Å². The molecule has 5 rings (SSSR count). The normalized spacial score (nSPS) is 29.2. The molecule has 8 heteroatoms. The average Bonchev–Trinajstić information content (AvgIpc) is 3.30. The number of fused-ring (bicyclic) bond motifs is 2. The van der Waals surface area contributed by atoms with Crippen LogP contribution < -0.4 is 20.5 Å². The molecule has 2 aromatic rings. The van der Waals surface area contributed by atoms with Gasteiger partial charge in [0.1, 0.15) is 11.1 Å². The van der Waals surface area contributed by atoms with Gasteiger partial charge in [-0.1, -0.05) is 11.6 Å². The van der Waals surface area contributed by atoms with Crippen LogP contribution in [0.3, 0.4) is 0 Å². The molecule has 2 bridgehead atoms. The first-order valence-electron chi connectivity index (χ1n) is 10.0. The predicted octanol–water partition coefficient (Wildman–Crippen LogP) is 2.47. The lowest BCUT2D eigenvalue weighted by Gasteiger charge is -2.29. The number of aromatic amines is 1. The molecule has 3 atom stereocenters. The molecule has 2 unspecified atom stereocenters. The summed E-state index contributed by atoms with van der Waals surface area (Å²) in [6.45, 7) is 1.43. The fourth-order valence-electron chi connectivity index (χ4n) is 4.88. The molecular formula is C20H24ClN5O2. The Morgan fingerprint density at radius 2 is 2.04 bits per heavy atom. The molecule has 148 valence electrons. The predicted molar refractivity (Wildman–Crippen MR) is 107 cm³/mol. The first kappa shape index (κ1) is 17.9. The van der Waals surface area contributed by atoms with Crippen LogP contribution in [-0.2, 0) is 0 Å². The number of piperidine rings is 1. The summed E-state index contributed by atoms with van der Waals surface area (Å²) in [6.07, 6.45) is 9.32. The minimum Gasteiger partial charge on any atom is -0.472 e. The molecule has 2 aromatic heterocycles. The average molecular weight is 402 g/mol. The maximum atomic E-state index is 11.7. The second kappa shape index (κ2) is 7.37. The highest BCUT2D eigenvalue weighted by atomic mass is 35.5. The molecule has 3 aliphatic heterocycles. The molecule has 3 saturated heterocycles. The van der Waals surface area contributed by atoms with E-state index in [1.54, 1.807) is 6.20 Å². The zero-order valence-electron chi connectivity index (χ0n) is 15.6. The number of rotatable bonds is 4. The van der Waals surface area contributed by atoms with Crippen molar-refractivity contribution in [2.75, 3.05) is 18.0 Å². The number of nitrogens with zero attached hydrogens (tertiary/aromatic N) is 3. The summed E-state index contributed by atoms with van der Waals surface area (Å²) in [5.41, 5.74) is 1.62. The van der Waals surface area contributed by atoms with Gasteiger partial charge < -0.3 is 15.0 Å². The third kappa shape index (κ3) is 3.49. The van der Waals surface area contributed by atoms with Crippen molar-refractivity contribution in [2.24, 2.45) is 0 Å². The van der Waals surface area contributed by atoms with E-state index in [4.69, 9.17) is 16.3 Å². The van der Waals surface area contributed by atoms with Gasteiger partial charge in [0.25, 0.3) is 5.56 Å². The second-order valence-corrected chi connectivity index (χ2v) is 8.48. The van der Waals surface area contributed by atoms with Crippen LogP contribution in [0, 0.1) is 0 Å². The van der Waals surface area contributed by atoms with E-state index in [2.05, 4.69) is 32.6 Å². The van der Waals surface area contributed by atoms with Crippen molar-refractivity contribution in [3.05, 3.63) is 45.5 Å². The highest BCUT2D eigenvalue weighted by Crippen LogP contribution is 2.38. The summed E-state index contributed by atoms with van der Waals surface area (Å²) in [5.74, 6) is 1.27. The van der Waals surface area contributed by atoms with Gasteiger partial charge in [-0.25, -0.2) is 10.1 Å². The summed E-state index contributed by atoms with van der Waals surface area (Å²) >= 11 is 6.13. The Labute approximate surface area is 168 Å². The van der Waals surface area contributed by atoms with E-state index in [0.29, 0.717) is 36.1 Å². The van der Waals surface area contributed by atoms with Crippen LogP contribution in [0.4, 0.5) is 5.69 Å². The molecule has 28 heavy (non-hydrogen) atoms. The van der Waals surface area contributed by atoms with Crippen LogP contribution in [0.5, 0.6) is 5.88 Å². The summed E-state index contributed by atoms with van der Waals surface area (Å²) in [6, 6.07) is 5.57. The summed E-state index contributed by atoms with van der Waals surface area (Å²) in [4.78, 5) is 18.2. The molecule has 2 N–H and O–H groups in total. The Hall–Kier alpha value is -2.12. The first-order valence-corrected chi connectivity index (χ1v) is 10.4. The molecule has 0 radical (unpaired) electrons. The van der Waals surface area contributed by atoms with Crippen molar-refractivity contribution in [1.82, 2.24) is 20.5 Å². The molecular weight excluding hydrogens is 378 g/mol. The van der Waals surface area contributed by atoms with Gasteiger partial charge in [-0.2, -0.15) is 5.10 Å². The number of halogens is 1. The third-order valence-corrected chi connectivity index (χ3v) is 6.62. The van der Waals surface area contributed by atoms with Crippen molar-refractivity contribution >= 4 is 17.3 Å². The quantitative estimate of drug-likeness (QED) is 0.818. The number of hydrogen-bond donors (Lipinski definition) is 2. The topological polar surface area (TPSA) is 83.1 Å². The van der Waals surface area contributed by atoms with Crippen LogP contribution in [0.2, 0.25) is 5.02 Å². The second-order valence-electron chi connectivity index (χ2n) is 8.11. The van der Waals surface area contributed by atoms with Crippen molar-refractivity contribution in [3.8, 4) is 5.88 Å². The fraction of sp³-hybridized carbons (Fsp3) is 0.550. The van der Waals surface area contributed by atoms with Gasteiger partial charge in [-0.3, -0.25) is 4.79 Å². The maximum absolute atomic E-state index is 11.7. The lowest BCUT2D eigenvalue weighted by Crippen LogP contribution is -2.37. The molecule has 0 saturated carbocycles. The molecule has 0 spiro atoms. The lowest BCUT2D eigenvalue weighted by atomic mass is 9.87. The van der Waals surface area contributed by atoms with E-state index in [0.717, 1.165) is 13.0 Å². The highest BCUT2D eigenvalue weighted by Gasteiger charge is 2.34. The number of pyridine rings is 1. The van der Waals surface area contributed by atoms with E-state index in [1.807, 2.05) is 11.1 Å². The largest absolute Gasteiger partial charge is 0.472 e. The maximum Gasteiger partial charge on any atom is 0.285 e. The molecule has 3 aliphatic rings. The summed E-state index contributed by atoms with van der Waals surface area (Å²) in [5, 5.41) is 10.1. The van der Waals surface area contributed by atoms with Crippen LogP contribution in [-0.4, -0.2) is 46.5 Å². The summed E-state index contributed by atoms with van der Waals surface area (Å²) in [7, 11) is 0. The van der Waals surface area contributed by atoms with Crippen LogP contribution in [0.25, 0.3) is 0 Å². The summed E-state index contributed by atoms with van der Waals surface area (Å²) < 4.78 is 6.18. The molecule has 0 amide bonds. The number of ether oxygens (including phenoxy) is 1. The first-order chi connectivity index (χ1) is 13.7. The van der Waals surface area contributed by atoms with Gasteiger partial charge >= 0.3 is 0 Å². The minimum atomic E-state index is -0.367. The Morgan fingerprint density at radius 3 is 2.86 bits per heavy atom. The van der Waals surface area contributed by atoms with E-state index in [1.165, 1.54) is 31.2 Å². The number of nitrogens with one attached hydrogen (secondary N) is 2. The van der Waals surface area contributed by atoms with E-state index >= 15 is 0 Å². The van der Waals surface area contributed by atoms with Crippen molar-refractivity contribution in [2.45, 2.75) is 56.2 Å². The lowest BCUT2D eigenvalue weighted by molar-refractivity contribution is 0.215. The van der Waals surface area contributed by atoms with Crippen molar-refractivity contribution < 1.29 is 4.74 Å². The number of hydrogen-bond acceptors (Lipinski definition) is 6. The van der Waals surface area contributed by atoms with Gasteiger partial charge in [-0.15, -0.1) is 0 Å². The smallest absolute Gasteiger partial charge is 0.285 e. The number of aromatic nitrogens is 3. The molecule has 5 heterocycles. The van der Waals surface area contributed by atoms with Gasteiger partial charge in [-0.05, 0) is 43.2 Å². The van der Waals surface area contributed by atoms with Crippen LogP contribution >= 0.6 is 11.6 Å². The zero-order chi connectivity index (χ0) is 19.1. The Kier molecular flexibility index (Phi) is 4.72.